The van der Waals surface area contributed by atoms with Gasteiger partial charge in [0.1, 0.15) is 0 Å². The van der Waals surface area contributed by atoms with Crippen LogP contribution in [-0.4, -0.2) is 32.1 Å². The van der Waals surface area contributed by atoms with Crippen molar-refractivity contribution in [3.63, 3.8) is 0 Å². The number of anilines is 1. The van der Waals surface area contributed by atoms with Crippen LogP contribution in [0.1, 0.15) is 32.6 Å². The molecule has 2 N–H and O–H groups in total. The molecule has 4 atom stereocenters. The van der Waals surface area contributed by atoms with Gasteiger partial charge in [0, 0.05) is 17.8 Å². The minimum absolute atomic E-state index is 0.0268. The number of fused-ring (bicyclic) bond motifs is 2. The lowest BCUT2D eigenvalue weighted by molar-refractivity contribution is -0.136. The van der Waals surface area contributed by atoms with Gasteiger partial charge in [0.05, 0.1) is 14.2 Å². The van der Waals surface area contributed by atoms with Crippen LogP contribution < -0.4 is 20.1 Å². The van der Waals surface area contributed by atoms with E-state index >= 15 is 0 Å². The first kappa shape index (κ1) is 17.6. The number of carbonyl (C=O) groups excluding carboxylic acids is 2. The van der Waals surface area contributed by atoms with Gasteiger partial charge in [-0.3, -0.25) is 9.59 Å². The molecule has 2 saturated carbocycles. The van der Waals surface area contributed by atoms with Crippen molar-refractivity contribution in [2.24, 2.45) is 17.8 Å². The second kappa shape index (κ2) is 7.33. The maximum absolute atomic E-state index is 12.2. The molecule has 1 aromatic rings. The maximum atomic E-state index is 12.2. The molecular formula is C19H26N2O4. The molecule has 3 rings (SSSR count). The zero-order valence-electron chi connectivity index (χ0n) is 15.0. The van der Waals surface area contributed by atoms with Crippen molar-refractivity contribution in [3.05, 3.63) is 18.2 Å². The average molecular weight is 346 g/mol. The van der Waals surface area contributed by atoms with Crippen LogP contribution in [0.4, 0.5) is 5.69 Å². The van der Waals surface area contributed by atoms with E-state index < -0.39 is 11.8 Å². The van der Waals surface area contributed by atoms with Crippen molar-refractivity contribution >= 4 is 17.5 Å². The molecule has 0 heterocycles. The Morgan fingerprint density at radius 1 is 1.08 bits per heavy atom. The van der Waals surface area contributed by atoms with Crippen LogP contribution >= 0.6 is 0 Å². The summed E-state index contributed by atoms with van der Waals surface area (Å²) in [5.74, 6) is 1.82. The molecule has 25 heavy (non-hydrogen) atoms. The molecule has 0 radical (unpaired) electrons. The van der Waals surface area contributed by atoms with E-state index in [2.05, 4.69) is 10.6 Å². The van der Waals surface area contributed by atoms with Gasteiger partial charge in [-0.1, -0.05) is 6.42 Å². The lowest BCUT2D eigenvalue weighted by Crippen LogP contribution is -2.45. The summed E-state index contributed by atoms with van der Waals surface area (Å²) in [6.45, 7) is 2.01. The third kappa shape index (κ3) is 3.72. The summed E-state index contributed by atoms with van der Waals surface area (Å²) in [7, 11) is 3.06. The van der Waals surface area contributed by atoms with Crippen LogP contribution in [0, 0.1) is 17.8 Å². The van der Waals surface area contributed by atoms with Crippen LogP contribution in [0.3, 0.4) is 0 Å². The largest absolute Gasteiger partial charge is 0.493 e. The number of hydrogen-bond donors (Lipinski definition) is 2. The first-order valence-corrected chi connectivity index (χ1v) is 8.85. The minimum Gasteiger partial charge on any atom is -0.493 e. The Hall–Kier alpha value is -2.24. The normalized spacial score (nSPS) is 25.3. The van der Waals surface area contributed by atoms with Gasteiger partial charge in [-0.2, -0.15) is 0 Å². The number of ether oxygens (including phenoxy) is 2. The Morgan fingerprint density at radius 2 is 1.84 bits per heavy atom. The number of nitrogens with one attached hydrogen (secondary N) is 2. The van der Waals surface area contributed by atoms with Crippen molar-refractivity contribution < 1.29 is 19.1 Å². The van der Waals surface area contributed by atoms with Gasteiger partial charge in [0.2, 0.25) is 0 Å². The molecule has 0 aromatic heterocycles. The molecule has 6 heteroatoms. The molecule has 2 fully saturated rings. The predicted molar refractivity (Wildman–Crippen MR) is 94.7 cm³/mol. The summed E-state index contributed by atoms with van der Waals surface area (Å²) < 4.78 is 10.4. The van der Waals surface area contributed by atoms with Gasteiger partial charge in [0.15, 0.2) is 11.5 Å². The van der Waals surface area contributed by atoms with E-state index in [1.165, 1.54) is 32.8 Å². The van der Waals surface area contributed by atoms with Crippen molar-refractivity contribution in [1.82, 2.24) is 5.32 Å². The maximum Gasteiger partial charge on any atom is 0.313 e. The molecule has 0 saturated heterocycles. The highest BCUT2D eigenvalue weighted by molar-refractivity contribution is 6.39. The van der Waals surface area contributed by atoms with Gasteiger partial charge < -0.3 is 20.1 Å². The zero-order valence-corrected chi connectivity index (χ0v) is 15.0. The van der Waals surface area contributed by atoms with Crippen LogP contribution in [0.2, 0.25) is 0 Å². The highest BCUT2D eigenvalue weighted by Crippen LogP contribution is 2.49. The van der Waals surface area contributed by atoms with Gasteiger partial charge in [0.25, 0.3) is 0 Å². The van der Waals surface area contributed by atoms with E-state index in [1.54, 1.807) is 25.3 Å². The SMILES string of the molecule is COc1ccc(NC(=O)C(=O)NC(C)C2CC3CCC2C3)cc1OC. The van der Waals surface area contributed by atoms with Crippen LogP contribution in [-0.2, 0) is 9.59 Å². The Labute approximate surface area is 148 Å². The number of rotatable bonds is 5. The lowest BCUT2D eigenvalue weighted by atomic mass is 9.84. The molecule has 2 amide bonds. The van der Waals surface area contributed by atoms with Crippen molar-refractivity contribution in [2.75, 3.05) is 19.5 Å². The molecular weight excluding hydrogens is 320 g/mol. The van der Waals surface area contributed by atoms with Gasteiger partial charge in [-0.25, -0.2) is 0 Å². The van der Waals surface area contributed by atoms with E-state index in [9.17, 15) is 9.59 Å². The molecule has 2 aliphatic carbocycles. The highest BCUT2D eigenvalue weighted by atomic mass is 16.5. The molecule has 0 aliphatic heterocycles. The fraction of sp³-hybridized carbons (Fsp3) is 0.579. The number of benzene rings is 1. The van der Waals surface area contributed by atoms with Crippen molar-refractivity contribution in [3.8, 4) is 11.5 Å². The Morgan fingerprint density at radius 3 is 2.44 bits per heavy atom. The summed E-state index contributed by atoms with van der Waals surface area (Å²) in [5, 5.41) is 5.48. The molecule has 4 unspecified atom stereocenters. The molecule has 136 valence electrons. The quantitative estimate of drug-likeness (QED) is 0.804. The zero-order chi connectivity index (χ0) is 18.0. The van der Waals surface area contributed by atoms with Gasteiger partial charge in [-0.15, -0.1) is 0 Å². The molecule has 1 aromatic carbocycles. The summed E-state index contributed by atoms with van der Waals surface area (Å²) in [5.41, 5.74) is 0.491. The third-order valence-corrected chi connectivity index (χ3v) is 5.64. The Bertz CT molecular complexity index is 661. The van der Waals surface area contributed by atoms with Gasteiger partial charge >= 0.3 is 11.8 Å². The van der Waals surface area contributed by atoms with E-state index in [0.717, 1.165) is 5.92 Å². The lowest BCUT2D eigenvalue weighted by Gasteiger charge is -2.28. The number of methoxy groups -OCH3 is 2. The molecule has 0 spiro atoms. The summed E-state index contributed by atoms with van der Waals surface area (Å²) >= 11 is 0. The van der Waals surface area contributed by atoms with Crippen molar-refractivity contribution in [1.29, 1.82) is 0 Å². The van der Waals surface area contributed by atoms with E-state index in [0.29, 0.717) is 29.0 Å². The topological polar surface area (TPSA) is 76.7 Å². The first-order chi connectivity index (χ1) is 12.0. The first-order valence-electron chi connectivity index (χ1n) is 8.85. The second-order valence-corrected chi connectivity index (χ2v) is 7.12. The fourth-order valence-electron chi connectivity index (χ4n) is 4.39. The van der Waals surface area contributed by atoms with E-state index in [4.69, 9.17) is 9.47 Å². The highest BCUT2D eigenvalue weighted by Gasteiger charge is 2.42. The number of hydrogen-bond acceptors (Lipinski definition) is 4. The molecule has 6 nitrogen and oxygen atoms in total. The van der Waals surface area contributed by atoms with E-state index in [-0.39, 0.29) is 6.04 Å². The Kier molecular flexibility index (Phi) is 5.16. The summed E-state index contributed by atoms with van der Waals surface area (Å²) in [6, 6.07) is 5.01. The molecule has 2 bridgehead atoms. The van der Waals surface area contributed by atoms with Crippen LogP contribution in [0.15, 0.2) is 18.2 Å². The summed E-state index contributed by atoms with van der Waals surface area (Å²) in [6.07, 6.45) is 5.03. The standard InChI is InChI=1S/C19H26N2O4/c1-11(15-9-12-4-5-13(15)8-12)20-18(22)19(23)21-14-6-7-16(24-2)17(10-14)25-3/h6-7,10-13,15H,4-5,8-9H2,1-3H3,(H,20,22)(H,21,23). The number of amides is 2. The fourth-order valence-corrected chi connectivity index (χ4v) is 4.39. The number of carbonyl (C=O) groups is 2. The smallest absolute Gasteiger partial charge is 0.313 e. The second-order valence-electron chi connectivity index (χ2n) is 7.12. The summed E-state index contributed by atoms with van der Waals surface area (Å²) in [4.78, 5) is 24.4. The van der Waals surface area contributed by atoms with Crippen LogP contribution in [0.25, 0.3) is 0 Å². The molecule has 2 aliphatic rings. The predicted octanol–water partition coefficient (Wildman–Crippen LogP) is 2.58. The third-order valence-electron chi connectivity index (χ3n) is 5.64. The monoisotopic (exact) mass is 346 g/mol. The van der Waals surface area contributed by atoms with Crippen LogP contribution in [0.5, 0.6) is 11.5 Å². The minimum atomic E-state index is -0.665. The average Bonchev–Trinajstić information content (AvgIpc) is 3.24. The van der Waals surface area contributed by atoms with Gasteiger partial charge in [-0.05, 0) is 56.1 Å². The Balaban J connectivity index is 1.56. The van der Waals surface area contributed by atoms with E-state index in [1.807, 2.05) is 6.92 Å². The van der Waals surface area contributed by atoms with Crippen molar-refractivity contribution in [2.45, 2.75) is 38.6 Å².